The molecule has 8 rings (SSSR count). The van der Waals surface area contributed by atoms with Crippen LogP contribution in [0.1, 0.15) is 29.5 Å². The van der Waals surface area contributed by atoms with Crippen LogP contribution in [0.15, 0.2) is 57.6 Å². The fraction of sp³-hybridized carbons (Fsp3) is 0.333. The summed E-state index contributed by atoms with van der Waals surface area (Å²) in [5.41, 5.74) is 3.94. The monoisotopic (exact) mass is 754 g/mol. The molecule has 2 amide bonds. The lowest BCUT2D eigenvalue weighted by atomic mass is 10.0. The second-order valence-corrected chi connectivity index (χ2v) is 14.3. The normalized spacial score (nSPS) is 18.0. The minimum Gasteiger partial charge on any atom is -0.414 e. The number of hydrogen-bond donors (Lipinski definition) is 0. The van der Waals surface area contributed by atoms with Crippen LogP contribution in [0, 0.1) is 60.1 Å². The number of aromatic nitrogens is 10. The Bertz CT molecular complexity index is 2600. The van der Waals surface area contributed by atoms with Gasteiger partial charge >= 0.3 is 0 Å². The maximum absolute atomic E-state index is 15.2. The highest BCUT2D eigenvalue weighted by Crippen LogP contribution is 2.57. The van der Waals surface area contributed by atoms with Crippen LogP contribution in [0.4, 0.5) is 4.39 Å². The van der Waals surface area contributed by atoms with Gasteiger partial charge in [-0.1, -0.05) is 40.2 Å². The summed E-state index contributed by atoms with van der Waals surface area (Å²) >= 11 is 0. The molecule has 2 aromatic carbocycles. The Labute approximate surface area is 320 Å². The number of likely N-dealkylation sites (N-methyl/N-ethyl adjacent to an activating group) is 2. The van der Waals surface area contributed by atoms with Crippen molar-refractivity contribution in [3.63, 3.8) is 0 Å². The third kappa shape index (κ3) is 7.78. The first-order valence-corrected chi connectivity index (χ1v) is 17.8. The van der Waals surface area contributed by atoms with E-state index in [0.717, 1.165) is 29.5 Å². The van der Waals surface area contributed by atoms with Crippen LogP contribution in [0.2, 0.25) is 0 Å². The van der Waals surface area contributed by atoms with Crippen LogP contribution >= 0.6 is 0 Å². The molecule has 2 saturated carbocycles. The minimum absolute atomic E-state index is 0.00162. The average molecular weight is 755 g/mol. The second-order valence-electron chi connectivity index (χ2n) is 14.3. The quantitative estimate of drug-likeness (QED) is 0.196. The van der Waals surface area contributed by atoms with Gasteiger partial charge in [-0.05, 0) is 67.5 Å². The van der Waals surface area contributed by atoms with E-state index in [0.29, 0.717) is 34.9 Å². The molecule has 2 aliphatic rings. The average Bonchev–Trinajstić information content (AvgIpc) is 3.68. The van der Waals surface area contributed by atoms with E-state index in [4.69, 9.17) is 8.83 Å². The summed E-state index contributed by atoms with van der Waals surface area (Å²) in [5.74, 6) is 14.6. The van der Waals surface area contributed by atoms with Crippen molar-refractivity contribution >= 4 is 11.8 Å². The molecule has 0 N–H and O–H groups in total. The summed E-state index contributed by atoms with van der Waals surface area (Å²) in [6, 6.07) is 10.6. The van der Waals surface area contributed by atoms with E-state index in [1.54, 1.807) is 46.5 Å². The number of nitrogens with zero attached hydrogens (tertiary/aromatic N) is 12. The Hall–Kier alpha value is -7.01. The second kappa shape index (κ2) is 14.7. The molecule has 2 fully saturated rings. The third-order valence-corrected chi connectivity index (χ3v) is 9.66. The zero-order chi connectivity index (χ0) is 39.1. The van der Waals surface area contributed by atoms with Crippen molar-refractivity contribution in [1.29, 1.82) is 0 Å². The molecule has 17 heteroatoms. The van der Waals surface area contributed by atoms with E-state index in [1.807, 2.05) is 25.1 Å². The van der Waals surface area contributed by atoms with Crippen molar-refractivity contribution in [2.24, 2.45) is 23.7 Å². The standard InChI is InChI=1S/C39H35FN12O4/c1-22-6-7-23(14-28(22)37-44-46-39(56-37)33-19-52(48-42-33)21-35(54)50(4)5)8-11-25-16-29(25)30-17-26(30)12-9-24-10-13-27(31(40)15-24)36-43-45-38(55-36)32-18-51(47-41-32)20-34(53)49(2)3/h6-7,10,13-15,18-19,25-26,29-30H,16-17,20-21H2,1-5H3. The third-order valence-electron chi connectivity index (χ3n) is 9.66. The summed E-state index contributed by atoms with van der Waals surface area (Å²) in [7, 11) is 6.65. The van der Waals surface area contributed by atoms with Gasteiger partial charge in [0.25, 0.3) is 17.7 Å². The lowest BCUT2D eigenvalue weighted by Gasteiger charge is -2.08. The highest BCUT2D eigenvalue weighted by atomic mass is 19.1. The van der Waals surface area contributed by atoms with E-state index in [9.17, 15) is 9.59 Å². The SMILES string of the molecule is Cc1ccc(C#CC2CC2C2CC2C#Cc2ccc(-c3nnc(-c4cn(CC(=O)N(C)C)nn4)o3)c(F)c2)cc1-c1nnc(-c2cn(CC(=O)N(C)C)nn2)o1. The number of hydrogen-bond acceptors (Lipinski definition) is 12. The molecule has 282 valence electrons. The van der Waals surface area contributed by atoms with E-state index in [1.165, 1.54) is 31.4 Å². The van der Waals surface area contributed by atoms with Gasteiger partial charge in [0.2, 0.25) is 17.7 Å². The van der Waals surface area contributed by atoms with Gasteiger partial charge < -0.3 is 18.6 Å². The van der Waals surface area contributed by atoms with Crippen molar-refractivity contribution in [3.8, 4) is 69.8 Å². The zero-order valence-electron chi connectivity index (χ0n) is 31.1. The van der Waals surface area contributed by atoms with E-state index in [2.05, 4.69) is 64.7 Å². The number of amides is 2. The van der Waals surface area contributed by atoms with Crippen molar-refractivity contribution in [1.82, 2.24) is 60.2 Å². The van der Waals surface area contributed by atoms with Gasteiger partial charge in [0.05, 0.1) is 18.0 Å². The number of aryl methyl sites for hydroxylation is 1. The van der Waals surface area contributed by atoms with E-state index in [-0.39, 0.29) is 59.8 Å². The smallest absolute Gasteiger partial charge is 0.270 e. The van der Waals surface area contributed by atoms with Gasteiger partial charge in [-0.15, -0.1) is 30.6 Å². The fourth-order valence-corrected chi connectivity index (χ4v) is 6.13. The lowest BCUT2D eigenvalue weighted by Crippen LogP contribution is -2.26. The molecule has 0 spiro atoms. The molecule has 0 aliphatic heterocycles. The highest BCUT2D eigenvalue weighted by molar-refractivity contribution is 5.75. The Balaban J connectivity index is 0.856. The molecule has 2 aliphatic carbocycles. The van der Waals surface area contributed by atoms with Crippen molar-refractivity contribution in [3.05, 3.63) is 71.3 Å². The minimum atomic E-state index is -0.533. The van der Waals surface area contributed by atoms with E-state index < -0.39 is 5.82 Å². The first kappa shape index (κ1) is 36.0. The molecule has 4 atom stereocenters. The Morgan fingerprint density at radius 1 is 0.696 bits per heavy atom. The maximum Gasteiger partial charge on any atom is 0.270 e. The summed E-state index contributed by atoms with van der Waals surface area (Å²) in [6.07, 6.45) is 5.14. The molecular formula is C39H35FN12O4. The van der Waals surface area contributed by atoms with Gasteiger partial charge in [-0.25, -0.2) is 13.8 Å². The Morgan fingerprint density at radius 3 is 1.70 bits per heavy atom. The first-order valence-electron chi connectivity index (χ1n) is 17.8. The fourth-order valence-electron chi connectivity index (χ4n) is 6.13. The van der Waals surface area contributed by atoms with Crippen LogP contribution in [0.5, 0.6) is 0 Å². The number of carbonyl (C=O) groups is 2. The van der Waals surface area contributed by atoms with Gasteiger partial charge in [0.15, 0.2) is 11.4 Å². The molecule has 6 aromatic rings. The molecule has 4 unspecified atom stereocenters. The number of halogens is 1. The van der Waals surface area contributed by atoms with E-state index >= 15 is 4.39 Å². The predicted molar refractivity (Wildman–Crippen MR) is 197 cm³/mol. The molecule has 0 saturated heterocycles. The molecule has 16 nitrogen and oxygen atoms in total. The van der Waals surface area contributed by atoms with Gasteiger partial charge in [0.1, 0.15) is 18.9 Å². The molecule has 0 radical (unpaired) electrons. The molecular weight excluding hydrogens is 720 g/mol. The number of rotatable bonds is 9. The Morgan fingerprint density at radius 2 is 1.18 bits per heavy atom. The summed E-state index contributed by atoms with van der Waals surface area (Å²) in [4.78, 5) is 26.9. The number of carbonyl (C=O) groups excluding carboxylic acids is 2. The first-order chi connectivity index (χ1) is 27.0. The lowest BCUT2D eigenvalue weighted by molar-refractivity contribution is -0.130. The van der Waals surface area contributed by atoms with Gasteiger partial charge in [-0.3, -0.25) is 9.59 Å². The van der Waals surface area contributed by atoms with Crippen LogP contribution in [0.3, 0.4) is 0 Å². The molecule has 56 heavy (non-hydrogen) atoms. The molecule has 0 bridgehead atoms. The van der Waals surface area contributed by atoms with Crippen molar-refractivity contribution in [2.75, 3.05) is 28.2 Å². The topological polar surface area (TPSA) is 180 Å². The summed E-state index contributed by atoms with van der Waals surface area (Å²) in [5, 5.41) is 32.3. The summed E-state index contributed by atoms with van der Waals surface area (Å²) < 4.78 is 29.6. The highest BCUT2D eigenvalue weighted by Gasteiger charge is 2.52. The van der Waals surface area contributed by atoms with Crippen molar-refractivity contribution < 1.29 is 22.8 Å². The van der Waals surface area contributed by atoms with Gasteiger partial charge in [0, 0.05) is 56.7 Å². The van der Waals surface area contributed by atoms with Crippen LogP contribution < -0.4 is 0 Å². The van der Waals surface area contributed by atoms with Crippen LogP contribution in [-0.2, 0) is 22.7 Å². The predicted octanol–water partition coefficient (Wildman–Crippen LogP) is 3.60. The summed E-state index contributed by atoms with van der Waals surface area (Å²) in [6.45, 7) is 2.03. The Kier molecular flexibility index (Phi) is 9.43. The van der Waals surface area contributed by atoms with Crippen LogP contribution in [-0.4, -0.2) is 100 Å². The number of benzene rings is 2. The molecule has 4 aromatic heterocycles. The largest absolute Gasteiger partial charge is 0.414 e. The van der Waals surface area contributed by atoms with Gasteiger partial charge in [-0.2, -0.15) is 0 Å². The molecule has 4 heterocycles. The maximum atomic E-state index is 15.2. The zero-order valence-corrected chi connectivity index (χ0v) is 31.1. The van der Waals surface area contributed by atoms with Crippen molar-refractivity contribution in [2.45, 2.75) is 32.9 Å². The van der Waals surface area contributed by atoms with Crippen LogP contribution in [0.25, 0.3) is 46.1 Å².